The SMILES string of the molecule is CCCCCCCOC1CCC(OC(=O)c2ccc(/C=C/C(=O)OCc3ccc(N)cc3N)cc2)CC1. The van der Waals surface area contributed by atoms with Crippen LogP contribution in [-0.2, 0) is 25.6 Å². The van der Waals surface area contributed by atoms with Crippen LogP contribution in [-0.4, -0.2) is 30.8 Å². The summed E-state index contributed by atoms with van der Waals surface area (Å²) in [5.74, 6) is -0.813. The lowest BCUT2D eigenvalue weighted by Crippen LogP contribution is -2.28. The molecule has 0 aromatic heterocycles. The van der Waals surface area contributed by atoms with Crippen molar-refractivity contribution >= 4 is 29.4 Å². The first kappa shape index (κ1) is 28.3. The van der Waals surface area contributed by atoms with Gasteiger partial charge >= 0.3 is 11.9 Å². The van der Waals surface area contributed by atoms with Gasteiger partial charge in [-0.1, -0.05) is 50.8 Å². The Bertz CT molecular complexity index is 1030. The first-order valence-corrected chi connectivity index (χ1v) is 13.4. The summed E-state index contributed by atoms with van der Waals surface area (Å²) in [6.45, 7) is 3.11. The molecule has 0 radical (unpaired) electrons. The predicted octanol–water partition coefficient (Wildman–Crippen LogP) is 6.06. The molecule has 1 aliphatic carbocycles. The number of nitrogen functional groups attached to an aromatic ring is 2. The largest absolute Gasteiger partial charge is 0.459 e. The Morgan fingerprint density at radius 2 is 1.62 bits per heavy atom. The van der Waals surface area contributed by atoms with Crippen molar-refractivity contribution < 1.29 is 23.8 Å². The monoisotopic (exact) mass is 508 g/mol. The van der Waals surface area contributed by atoms with Crippen molar-refractivity contribution in [2.24, 2.45) is 0 Å². The van der Waals surface area contributed by atoms with Crippen molar-refractivity contribution in [1.82, 2.24) is 0 Å². The van der Waals surface area contributed by atoms with E-state index >= 15 is 0 Å². The van der Waals surface area contributed by atoms with Crippen LogP contribution in [0.5, 0.6) is 0 Å². The first-order valence-electron chi connectivity index (χ1n) is 13.4. The first-order chi connectivity index (χ1) is 17.9. The second kappa shape index (κ2) is 15.1. The molecule has 7 heteroatoms. The van der Waals surface area contributed by atoms with Gasteiger partial charge in [-0.25, -0.2) is 9.59 Å². The predicted molar refractivity (Wildman–Crippen MR) is 147 cm³/mol. The zero-order valence-corrected chi connectivity index (χ0v) is 21.8. The van der Waals surface area contributed by atoms with Crippen LogP contribution in [0.1, 0.15) is 86.2 Å². The van der Waals surface area contributed by atoms with Gasteiger partial charge in [-0.3, -0.25) is 0 Å². The van der Waals surface area contributed by atoms with Gasteiger partial charge in [0.25, 0.3) is 0 Å². The number of rotatable bonds is 13. The average Bonchev–Trinajstić information content (AvgIpc) is 2.90. The maximum atomic E-state index is 12.6. The summed E-state index contributed by atoms with van der Waals surface area (Å²) in [5, 5.41) is 0. The highest BCUT2D eigenvalue weighted by Gasteiger charge is 2.24. The number of unbranched alkanes of at least 4 members (excludes halogenated alkanes) is 4. The smallest absolute Gasteiger partial charge is 0.338 e. The minimum Gasteiger partial charge on any atom is -0.459 e. The van der Waals surface area contributed by atoms with E-state index < -0.39 is 5.97 Å². The van der Waals surface area contributed by atoms with Gasteiger partial charge in [0.1, 0.15) is 12.7 Å². The van der Waals surface area contributed by atoms with E-state index in [1.807, 2.05) is 0 Å². The number of anilines is 2. The highest BCUT2D eigenvalue weighted by atomic mass is 16.5. The summed E-state index contributed by atoms with van der Waals surface area (Å²) in [6.07, 6.45) is 12.9. The van der Waals surface area contributed by atoms with Crippen LogP contribution in [0.4, 0.5) is 11.4 Å². The average molecular weight is 509 g/mol. The second-order valence-corrected chi connectivity index (χ2v) is 9.61. The van der Waals surface area contributed by atoms with E-state index in [-0.39, 0.29) is 24.8 Å². The summed E-state index contributed by atoms with van der Waals surface area (Å²) < 4.78 is 17.0. The van der Waals surface area contributed by atoms with Gasteiger partial charge in [0.2, 0.25) is 0 Å². The molecule has 37 heavy (non-hydrogen) atoms. The van der Waals surface area contributed by atoms with Crippen LogP contribution in [0.3, 0.4) is 0 Å². The van der Waals surface area contributed by atoms with Gasteiger partial charge in [-0.2, -0.15) is 0 Å². The minimum absolute atomic E-state index is 0.0626. The Kier molecular flexibility index (Phi) is 11.5. The lowest BCUT2D eigenvalue weighted by molar-refractivity contribution is -0.138. The van der Waals surface area contributed by atoms with Crippen molar-refractivity contribution in [3.63, 3.8) is 0 Å². The molecule has 1 fully saturated rings. The molecule has 3 rings (SSSR count). The Morgan fingerprint density at radius 1 is 0.919 bits per heavy atom. The van der Waals surface area contributed by atoms with Gasteiger partial charge in [0, 0.05) is 29.6 Å². The molecular formula is C30H40N2O5. The summed E-state index contributed by atoms with van der Waals surface area (Å²) >= 11 is 0. The van der Waals surface area contributed by atoms with Gasteiger partial charge in [-0.05, 0) is 68.0 Å². The number of hydrogen-bond acceptors (Lipinski definition) is 7. The van der Waals surface area contributed by atoms with Gasteiger partial charge < -0.3 is 25.7 Å². The van der Waals surface area contributed by atoms with E-state index in [1.54, 1.807) is 48.5 Å². The summed E-state index contributed by atoms with van der Waals surface area (Å²) in [6, 6.07) is 12.0. The molecular weight excluding hydrogens is 468 g/mol. The maximum Gasteiger partial charge on any atom is 0.338 e. The molecule has 200 valence electrons. The van der Waals surface area contributed by atoms with Crippen LogP contribution in [0, 0.1) is 0 Å². The fourth-order valence-corrected chi connectivity index (χ4v) is 4.33. The Balaban J connectivity index is 1.36. The molecule has 0 atom stereocenters. The zero-order valence-electron chi connectivity index (χ0n) is 21.8. The van der Waals surface area contributed by atoms with Crippen molar-refractivity contribution in [2.75, 3.05) is 18.1 Å². The van der Waals surface area contributed by atoms with Crippen LogP contribution < -0.4 is 11.5 Å². The van der Waals surface area contributed by atoms with E-state index in [0.717, 1.165) is 44.3 Å². The molecule has 0 unspecified atom stereocenters. The molecule has 2 aromatic rings. The topological polar surface area (TPSA) is 114 Å². The summed E-state index contributed by atoms with van der Waals surface area (Å²) in [5.41, 5.74) is 14.5. The number of hydrogen-bond donors (Lipinski definition) is 2. The van der Waals surface area contributed by atoms with Crippen LogP contribution in [0.2, 0.25) is 0 Å². The van der Waals surface area contributed by atoms with Gasteiger partial charge in [-0.15, -0.1) is 0 Å². The Morgan fingerprint density at radius 3 is 2.32 bits per heavy atom. The van der Waals surface area contributed by atoms with Crippen molar-refractivity contribution in [1.29, 1.82) is 0 Å². The van der Waals surface area contributed by atoms with Crippen LogP contribution in [0.15, 0.2) is 48.5 Å². The second-order valence-electron chi connectivity index (χ2n) is 9.61. The standard InChI is InChI=1S/C30H40N2O5/c1-2-3-4-5-6-19-35-26-14-16-27(17-15-26)37-30(34)23-10-7-22(8-11-23)9-18-29(33)36-21-24-12-13-25(31)20-28(24)32/h7-13,18,20,26-27H,2-6,14-17,19,21,31-32H2,1H3/b18-9+. The molecule has 1 aliphatic rings. The molecule has 1 saturated carbocycles. The van der Waals surface area contributed by atoms with E-state index in [1.165, 1.54) is 31.8 Å². The number of carbonyl (C=O) groups excluding carboxylic acids is 2. The maximum absolute atomic E-state index is 12.6. The Hall–Kier alpha value is -3.32. The molecule has 0 aliphatic heterocycles. The molecule has 0 amide bonds. The van der Waals surface area contributed by atoms with Crippen molar-refractivity contribution in [3.05, 3.63) is 65.2 Å². The summed E-state index contributed by atoms with van der Waals surface area (Å²) in [4.78, 5) is 24.6. The molecule has 2 aromatic carbocycles. The number of esters is 2. The quantitative estimate of drug-likeness (QED) is 0.146. The van der Waals surface area contributed by atoms with E-state index in [4.69, 9.17) is 25.7 Å². The molecule has 7 nitrogen and oxygen atoms in total. The number of carbonyl (C=O) groups is 2. The fraction of sp³-hybridized carbons (Fsp3) is 0.467. The lowest BCUT2D eigenvalue weighted by atomic mass is 9.95. The summed E-state index contributed by atoms with van der Waals surface area (Å²) in [7, 11) is 0. The van der Waals surface area contributed by atoms with Gasteiger partial charge in [0.05, 0.1) is 11.7 Å². The highest BCUT2D eigenvalue weighted by Crippen LogP contribution is 2.25. The number of ether oxygens (including phenoxy) is 3. The minimum atomic E-state index is -0.490. The third-order valence-corrected chi connectivity index (χ3v) is 6.59. The van der Waals surface area contributed by atoms with Gasteiger partial charge in [0.15, 0.2) is 0 Å². The van der Waals surface area contributed by atoms with Crippen LogP contribution >= 0.6 is 0 Å². The normalized spacial score (nSPS) is 17.5. The third kappa shape index (κ3) is 9.92. The molecule has 0 saturated heterocycles. The van der Waals surface area contributed by atoms with Crippen LogP contribution in [0.25, 0.3) is 6.08 Å². The molecule has 0 heterocycles. The van der Waals surface area contributed by atoms with Crippen molar-refractivity contribution in [2.45, 2.75) is 83.5 Å². The third-order valence-electron chi connectivity index (χ3n) is 6.59. The fourth-order valence-electron chi connectivity index (χ4n) is 4.33. The van der Waals surface area contributed by atoms with Crippen molar-refractivity contribution in [3.8, 4) is 0 Å². The molecule has 4 N–H and O–H groups in total. The molecule has 0 spiro atoms. The highest BCUT2D eigenvalue weighted by molar-refractivity contribution is 5.90. The lowest BCUT2D eigenvalue weighted by Gasteiger charge is -2.28. The number of benzene rings is 2. The van der Waals surface area contributed by atoms with E-state index in [9.17, 15) is 9.59 Å². The zero-order chi connectivity index (χ0) is 26.5. The number of nitrogens with two attached hydrogens (primary N) is 2. The molecule has 0 bridgehead atoms. The van der Waals surface area contributed by atoms with E-state index in [0.29, 0.717) is 22.5 Å². The van der Waals surface area contributed by atoms with E-state index in [2.05, 4.69) is 6.92 Å². The Labute approximate surface area is 220 Å².